The molecule has 0 fully saturated rings. The lowest BCUT2D eigenvalue weighted by molar-refractivity contribution is 0.619. The van der Waals surface area contributed by atoms with Crippen LogP contribution in [0.1, 0.15) is 18.2 Å². The van der Waals surface area contributed by atoms with Crippen LogP contribution in [0.4, 0.5) is 0 Å². The Morgan fingerprint density at radius 1 is 1.24 bits per heavy atom. The minimum Gasteiger partial charge on any atom is -0.333 e. The first-order valence-electron chi connectivity index (χ1n) is 5.98. The molecule has 0 saturated heterocycles. The molecule has 0 aliphatic carbocycles. The summed E-state index contributed by atoms with van der Waals surface area (Å²) < 4.78 is 2.20. The Balaban J connectivity index is 1.92. The molecule has 0 amide bonds. The second kappa shape index (κ2) is 6.15. The summed E-state index contributed by atoms with van der Waals surface area (Å²) in [6.45, 7) is 4.94. The number of aromatic nitrogens is 3. The van der Waals surface area contributed by atoms with Crippen molar-refractivity contribution in [2.24, 2.45) is 0 Å². The molecule has 0 unspecified atom stereocenters. The third kappa shape index (κ3) is 3.39. The van der Waals surface area contributed by atoms with Crippen LogP contribution in [-0.2, 0) is 19.5 Å². The van der Waals surface area contributed by atoms with Crippen LogP contribution in [0.2, 0.25) is 0 Å². The maximum Gasteiger partial charge on any atom is 0.0948 e. The number of nitrogens with one attached hydrogen (secondary N) is 1. The molecule has 2 aromatic rings. The molecule has 0 spiro atoms. The molecule has 0 saturated carbocycles. The number of nitrogens with zero attached hydrogens (tertiary/aromatic N) is 3. The van der Waals surface area contributed by atoms with E-state index in [0.29, 0.717) is 0 Å². The molecular formula is C13H18N4. The zero-order chi connectivity index (χ0) is 11.9. The average molecular weight is 230 g/mol. The maximum atomic E-state index is 4.20. The lowest BCUT2D eigenvalue weighted by atomic mass is 10.2. The molecule has 1 N–H and O–H groups in total. The van der Waals surface area contributed by atoms with Gasteiger partial charge in [-0.15, -0.1) is 0 Å². The predicted molar refractivity (Wildman–Crippen MR) is 67.5 cm³/mol. The van der Waals surface area contributed by atoms with E-state index in [9.17, 15) is 0 Å². The summed E-state index contributed by atoms with van der Waals surface area (Å²) in [4.78, 5) is 8.22. The Kier molecular flexibility index (Phi) is 4.27. The topological polar surface area (TPSA) is 42.7 Å². The Labute approximate surface area is 102 Å². The highest BCUT2D eigenvalue weighted by molar-refractivity contribution is 5.10. The summed E-state index contributed by atoms with van der Waals surface area (Å²) in [5.41, 5.74) is 2.55. The minimum atomic E-state index is 0.882. The van der Waals surface area contributed by atoms with E-state index in [1.165, 1.54) is 11.3 Å². The Hall–Kier alpha value is -1.68. The summed E-state index contributed by atoms with van der Waals surface area (Å²) in [5.74, 6) is 0. The van der Waals surface area contributed by atoms with E-state index in [1.54, 1.807) is 0 Å². The van der Waals surface area contributed by atoms with Gasteiger partial charge in [0, 0.05) is 31.7 Å². The molecule has 0 atom stereocenters. The molecule has 90 valence electrons. The van der Waals surface area contributed by atoms with Crippen molar-refractivity contribution in [2.75, 3.05) is 6.54 Å². The Morgan fingerprint density at radius 2 is 2.06 bits per heavy atom. The Bertz CT molecular complexity index is 436. The second-order valence-electron chi connectivity index (χ2n) is 3.96. The monoisotopic (exact) mass is 230 g/mol. The smallest absolute Gasteiger partial charge is 0.0948 e. The van der Waals surface area contributed by atoms with E-state index < -0.39 is 0 Å². The fourth-order valence-electron chi connectivity index (χ4n) is 1.75. The summed E-state index contributed by atoms with van der Waals surface area (Å²) in [7, 11) is 0. The van der Waals surface area contributed by atoms with Crippen LogP contribution in [0.3, 0.4) is 0 Å². The van der Waals surface area contributed by atoms with Gasteiger partial charge in [0.2, 0.25) is 0 Å². The molecule has 2 heterocycles. The van der Waals surface area contributed by atoms with Gasteiger partial charge in [0.25, 0.3) is 0 Å². The van der Waals surface area contributed by atoms with Gasteiger partial charge in [0.15, 0.2) is 0 Å². The summed E-state index contributed by atoms with van der Waals surface area (Å²) in [5, 5.41) is 3.32. The number of rotatable bonds is 6. The van der Waals surface area contributed by atoms with Crippen molar-refractivity contribution in [1.29, 1.82) is 0 Å². The van der Waals surface area contributed by atoms with E-state index in [1.807, 2.05) is 24.9 Å². The maximum absolute atomic E-state index is 4.20. The largest absolute Gasteiger partial charge is 0.333 e. The van der Waals surface area contributed by atoms with Crippen LogP contribution in [0.25, 0.3) is 0 Å². The van der Waals surface area contributed by atoms with Crippen molar-refractivity contribution in [3.05, 3.63) is 48.3 Å². The fraction of sp³-hybridized carbons (Fsp3) is 0.385. The van der Waals surface area contributed by atoms with Crippen molar-refractivity contribution in [3.8, 4) is 0 Å². The molecule has 4 nitrogen and oxygen atoms in total. The number of hydrogen-bond acceptors (Lipinski definition) is 3. The van der Waals surface area contributed by atoms with Crippen LogP contribution in [0.5, 0.6) is 0 Å². The highest BCUT2D eigenvalue weighted by Crippen LogP contribution is 2.04. The van der Waals surface area contributed by atoms with Gasteiger partial charge in [0.1, 0.15) is 0 Å². The van der Waals surface area contributed by atoms with Crippen LogP contribution in [-0.4, -0.2) is 21.1 Å². The van der Waals surface area contributed by atoms with Gasteiger partial charge >= 0.3 is 0 Å². The SMILES string of the molecule is CCNCc1cncn1CCc1ccncc1. The molecule has 4 heteroatoms. The van der Waals surface area contributed by atoms with E-state index in [0.717, 1.165) is 26.1 Å². The normalized spacial score (nSPS) is 10.6. The van der Waals surface area contributed by atoms with Gasteiger partial charge in [-0.2, -0.15) is 0 Å². The second-order valence-corrected chi connectivity index (χ2v) is 3.96. The summed E-state index contributed by atoms with van der Waals surface area (Å²) >= 11 is 0. The lowest BCUT2D eigenvalue weighted by Gasteiger charge is -2.08. The first-order valence-corrected chi connectivity index (χ1v) is 5.98. The van der Waals surface area contributed by atoms with Crippen LogP contribution in [0, 0.1) is 0 Å². The molecule has 0 aromatic carbocycles. The van der Waals surface area contributed by atoms with Gasteiger partial charge in [0.05, 0.1) is 12.0 Å². The first kappa shape index (κ1) is 11.8. The van der Waals surface area contributed by atoms with E-state index in [-0.39, 0.29) is 0 Å². The predicted octanol–water partition coefficient (Wildman–Crippen LogP) is 1.63. The molecule has 0 bridgehead atoms. The minimum absolute atomic E-state index is 0.882. The number of aryl methyl sites for hydroxylation is 2. The standard InChI is InChI=1S/C13H18N4/c1-2-14-9-13-10-16-11-17(13)8-5-12-3-6-15-7-4-12/h3-4,6-7,10-11,14H,2,5,8-9H2,1H3. The van der Waals surface area contributed by atoms with E-state index >= 15 is 0 Å². The average Bonchev–Trinajstić information content (AvgIpc) is 2.82. The summed E-state index contributed by atoms with van der Waals surface area (Å²) in [6.07, 6.45) is 8.51. The summed E-state index contributed by atoms with van der Waals surface area (Å²) in [6, 6.07) is 4.11. The molecule has 17 heavy (non-hydrogen) atoms. The molecule has 2 aromatic heterocycles. The van der Waals surface area contributed by atoms with Gasteiger partial charge < -0.3 is 9.88 Å². The highest BCUT2D eigenvalue weighted by Gasteiger charge is 2.01. The quantitative estimate of drug-likeness (QED) is 0.820. The van der Waals surface area contributed by atoms with Crippen LogP contribution >= 0.6 is 0 Å². The first-order chi connectivity index (χ1) is 8.40. The number of pyridine rings is 1. The van der Waals surface area contributed by atoms with Crippen molar-refractivity contribution in [2.45, 2.75) is 26.4 Å². The number of hydrogen-bond donors (Lipinski definition) is 1. The van der Waals surface area contributed by atoms with Gasteiger partial charge in [-0.3, -0.25) is 4.98 Å². The van der Waals surface area contributed by atoms with Crippen molar-refractivity contribution in [1.82, 2.24) is 19.9 Å². The zero-order valence-electron chi connectivity index (χ0n) is 10.1. The molecule has 0 aliphatic heterocycles. The molecule has 2 rings (SSSR count). The molecular weight excluding hydrogens is 212 g/mol. The van der Waals surface area contributed by atoms with Crippen molar-refractivity contribution < 1.29 is 0 Å². The lowest BCUT2D eigenvalue weighted by Crippen LogP contribution is -2.15. The number of imidazole rings is 1. The Morgan fingerprint density at radius 3 is 2.82 bits per heavy atom. The van der Waals surface area contributed by atoms with E-state index in [2.05, 4.69) is 38.9 Å². The van der Waals surface area contributed by atoms with Crippen molar-refractivity contribution >= 4 is 0 Å². The van der Waals surface area contributed by atoms with Crippen LogP contribution in [0.15, 0.2) is 37.1 Å². The van der Waals surface area contributed by atoms with Crippen LogP contribution < -0.4 is 5.32 Å². The van der Waals surface area contributed by atoms with Gasteiger partial charge in [-0.05, 0) is 30.7 Å². The zero-order valence-corrected chi connectivity index (χ0v) is 10.1. The van der Waals surface area contributed by atoms with E-state index in [4.69, 9.17) is 0 Å². The highest BCUT2D eigenvalue weighted by atomic mass is 15.1. The third-order valence-electron chi connectivity index (χ3n) is 2.75. The molecule has 0 radical (unpaired) electrons. The van der Waals surface area contributed by atoms with Gasteiger partial charge in [-0.25, -0.2) is 4.98 Å². The van der Waals surface area contributed by atoms with Crippen molar-refractivity contribution in [3.63, 3.8) is 0 Å². The third-order valence-corrected chi connectivity index (χ3v) is 2.75. The van der Waals surface area contributed by atoms with Gasteiger partial charge in [-0.1, -0.05) is 6.92 Å². The molecule has 0 aliphatic rings. The fourth-order valence-corrected chi connectivity index (χ4v) is 1.75.